The van der Waals surface area contributed by atoms with Crippen molar-refractivity contribution in [3.05, 3.63) is 35.4 Å². The third-order valence-electron chi connectivity index (χ3n) is 3.01. The second-order valence-corrected chi connectivity index (χ2v) is 4.59. The quantitative estimate of drug-likeness (QED) is 0.797. The summed E-state index contributed by atoms with van der Waals surface area (Å²) in [6, 6.07) is 8.34. The van der Waals surface area contributed by atoms with Crippen molar-refractivity contribution in [3.8, 4) is 0 Å². The standard InChI is InChI=1S/C13H18N2O/c1-9(14)6-13(16)15-8-11-7-10-4-2-3-5-12(10)11/h2-5,9,11H,6-8,14H2,1H3,(H,15,16). The van der Waals surface area contributed by atoms with Gasteiger partial charge in [-0.25, -0.2) is 0 Å². The molecule has 16 heavy (non-hydrogen) atoms. The van der Waals surface area contributed by atoms with E-state index in [4.69, 9.17) is 5.73 Å². The molecular weight excluding hydrogens is 200 g/mol. The summed E-state index contributed by atoms with van der Waals surface area (Å²) in [5.74, 6) is 0.549. The van der Waals surface area contributed by atoms with E-state index in [1.165, 1.54) is 11.1 Å². The van der Waals surface area contributed by atoms with Crippen LogP contribution in [0.15, 0.2) is 24.3 Å². The number of hydrogen-bond acceptors (Lipinski definition) is 2. The van der Waals surface area contributed by atoms with E-state index in [-0.39, 0.29) is 11.9 Å². The fourth-order valence-corrected chi connectivity index (χ4v) is 2.15. The molecule has 3 nitrogen and oxygen atoms in total. The lowest BCUT2D eigenvalue weighted by molar-refractivity contribution is -0.121. The van der Waals surface area contributed by atoms with Gasteiger partial charge in [0.2, 0.25) is 5.91 Å². The van der Waals surface area contributed by atoms with E-state index in [0.717, 1.165) is 13.0 Å². The first-order valence-electron chi connectivity index (χ1n) is 5.77. The first-order valence-corrected chi connectivity index (χ1v) is 5.77. The van der Waals surface area contributed by atoms with Crippen LogP contribution in [-0.2, 0) is 11.2 Å². The van der Waals surface area contributed by atoms with Gasteiger partial charge in [0.1, 0.15) is 0 Å². The van der Waals surface area contributed by atoms with Crippen molar-refractivity contribution >= 4 is 5.91 Å². The zero-order chi connectivity index (χ0) is 11.5. The number of carbonyl (C=O) groups is 1. The maximum absolute atomic E-state index is 11.4. The number of carbonyl (C=O) groups excluding carboxylic acids is 1. The monoisotopic (exact) mass is 218 g/mol. The van der Waals surface area contributed by atoms with Crippen molar-refractivity contribution in [2.24, 2.45) is 5.73 Å². The molecule has 2 unspecified atom stereocenters. The average Bonchev–Trinajstić information content (AvgIpc) is 2.18. The average molecular weight is 218 g/mol. The SMILES string of the molecule is CC(N)CC(=O)NCC1Cc2ccccc21. The largest absolute Gasteiger partial charge is 0.355 e. The third-order valence-corrected chi connectivity index (χ3v) is 3.01. The van der Waals surface area contributed by atoms with Crippen LogP contribution in [0, 0.1) is 0 Å². The second-order valence-electron chi connectivity index (χ2n) is 4.59. The minimum absolute atomic E-state index is 0.0550. The van der Waals surface area contributed by atoms with E-state index in [1.807, 2.05) is 6.92 Å². The predicted molar refractivity (Wildman–Crippen MR) is 64.2 cm³/mol. The fourth-order valence-electron chi connectivity index (χ4n) is 2.15. The van der Waals surface area contributed by atoms with E-state index in [0.29, 0.717) is 12.3 Å². The van der Waals surface area contributed by atoms with Crippen LogP contribution in [0.1, 0.15) is 30.4 Å². The van der Waals surface area contributed by atoms with E-state index in [2.05, 4.69) is 29.6 Å². The highest BCUT2D eigenvalue weighted by Gasteiger charge is 2.25. The van der Waals surface area contributed by atoms with Crippen LogP contribution in [0.5, 0.6) is 0 Å². The molecule has 0 saturated heterocycles. The molecule has 86 valence electrons. The molecule has 3 N–H and O–H groups in total. The fraction of sp³-hybridized carbons (Fsp3) is 0.462. The molecule has 0 radical (unpaired) electrons. The Morgan fingerprint density at radius 1 is 1.56 bits per heavy atom. The summed E-state index contributed by atoms with van der Waals surface area (Å²) in [6.45, 7) is 2.58. The lowest BCUT2D eigenvalue weighted by Crippen LogP contribution is -2.35. The number of nitrogens with two attached hydrogens (primary N) is 1. The minimum Gasteiger partial charge on any atom is -0.355 e. The van der Waals surface area contributed by atoms with Crippen LogP contribution in [0.4, 0.5) is 0 Å². The molecule has 0 saturated carbocycles. The highest BCUT2D eigenvalue weighted by atomic mass is 16.1. The molecular formula is C13H18N2O. The van der Waals surface area contributed by atoms with E-state index in [1.54, 1.807) is 0 Å². The number of amides is 1. The van der Waals surface area contributed by atoms with Crippen molar-refractivity contribution in [1.29, 1.82) is 0 Å². The van der Waals surface area contributed by atoms with Crippen LogP contribution in [0.3, 0.4) is 0 Å². The predicted octanol–water partition coefficient (Wildman–Crippen LogP) is 1.18. The summed E-state index contributed by atoms with van der Waals surface area (Å²) in [7, 11) is 0. The number of hydrogen-bond donors (Lipinski definition) is 2. The summed E-state index contributed by atoms with van der Waals surface area (Å²) in [5.41, 5.74) is 8.35. The normalized spacial score (nSPS) is 19.5. The zero-order valence-corrected chi connectivity index (χ0v) is 9.57. The topological polar surface area (TPSA) is 55.1 Å². The first-order chi connectivity index (χ1) is 7.66. The molecule has 2 rings (SSSR count). The molecule has 0 bridgehead atoms. The maximum atomic E-state index is 11.4. The molecule has 1 aromatic carbocycles. The Labute approximate surface area is 96.0 Å². The van der Waals surface area contributed by atoms with Gasteiger partial charge in [0, 0.05) is 24.9 Å². The van der Waals surface area contributed by atoms with E-state index < -0.39 is 0 Å². The van der Waals surface area contributed by atoms with Gasteiger partial charge >= 0.3 is 0 Å². The van der Waals surface area contributed by atoms with Crippen molar-refractivity contribution in [1.82, 2.24) is 5.32 Å². The lowest BCUT2D eigenvalue weighted by atomic mass is 9.77. The van der Waals surface area contributed by atoms with E-state index >= 15 is 0 Å². The maximum Gasteiger partial charge on any atom is 0.221 e. The molecule has 0 aromatic heterocycles. The third kappa shape index (κ3) is 2.42. The van der Waals surface area contributed by atoms with E-state index in [9.17, 15) is 4.79 Å². The van der Waals surface area contributed by atoms with Crippen LogP contribution in [0.25, 0.3) is 0 Å². The van der Waals surface area contributed by atoms with Crippen molar-refractivity contribution in [2.45, 2.75) is 31.7 Å². The smallest absolute Gasteiger partial charge is 0.221 e. The van der Waals surface area contributed by atoms with Gasteiger partial charge in [0.05, 0.1) is 0 Å². The Morgan fingerprint density at radius 3 is 3.00 bits per heavy atom. The number of rotatable bonds is 4. The molecule has 2 atom stereocenters. The highest BCUT2D eigenvalue weighted by Crippen LogP contribution is 2.33. The molecule has 1 amide bonds. The summed E-state index contributed by atoms with van der Waals surface area (Å²) >= 11 is 0. The van der Waals surface area contributed by atoms with Gasteiger partial charge in [-0.05, 0) is 24.5 Å². The molecule has 0 aliphatic heterocycles. The molecule has 3 heteroatoms. The molecule has 1 aliphatic rings. The summed E-state index contributed by atoms with van der Waals surface area (Å²) in [5, 5.41) is 2.94. The number of benzene rings is 1. The van der Waals surface area contributed by atoms with Crippen LogP contribution in [0.2, 0.25) is 0 Å². The van der Waals surface area contributed by atoms with Gasteiger partial charge in [0.15, 0.2) is 0 Å². The summed E-state index contributed by atoms with van der Waals surface area (Å²) in [6.07, 6.45) is 1.49. The van der Waals surface area contributed by atoms with Crippen molar-refractivity contribution < 1.29 is 4.79 Å². The zero-order valence-electron chi connectivity index (χ0n) is 9.57. The van der Waals surface area contributed by atoms with Gasteiger partial charge in [-0.1, -0.05) is 24.3 Å². The van der Waals surface area contributed by atoms with Gasteiger partial charge in [-0.3, -0.25) is 4.79 Å². The Balaban J connectivity index is 1.80. The van der Waals surface area contributed by atoms with Gasteiger partial charge < -0.3 is 11.1 Å². The van der Waals surface area contributed by atoms with Crippen LogP contribution in [-0.4, -0.2) is 18.5 Å². The Morgan fingerprint density at radius 2 is 2.31 bits per heavy atom. The molecule has 1 aliphatic carbocycles. The Bertz CT molecular complexity index is 387. The Hall–Kier alpha value is -1.35. The minimum atomic E-state index is -0.0614. The molecule has 0 spiro atoms. The highest BCUT2D eigenvalue weighted by molar-refractivity contribution is 5.76. The second kappa shape index (κ2) is 4.66. The van der Waals surface area contributed by atoms with Gasteiger partial charge in [-0.2, -0.15) is 0 Å². The first kappa shape index (κ1) is 11.1. The van der Waals surface area contributed by atoms with Crippen molar-refractivity contribution in [2.75, 3.05) is 6.54 Å². The molecule has 0 heterocycles. The van der Waals surface area contributed by atoms with Gasteiger partial charge in [0.25, 0.3) is 0 Å². The summed E-state index contributed by atoms with van der Waals surface area (Å²) in [4.78, 5) is 11.4. The van der Waals surface area contributed by atoms with Crippen molar-refractivity contribution in [3.63, 3.8) is 0 Å². The van der Waals surface area contributed by atoms with Crippen LogP contribution < -0.4 is 11.1 Å². The number of nitrogens with one attached hydrogen (secondary N) is 1. The molecule has 0 fully saturated rings. The Kier molecular flexibility index (Phi) is 3.25. The lowest BCUT2D eigenvalue weighted by Gasteiger charge is -2.30. The summed E-state index contributed by atoms with van der Waals surface area (Å²) < 4.78 is 0. The number of fused-ring (bicyclic) bond motifs is 1. The van der Waals surface area contributed by atoms with Crippen LogP contribution >= 0.6 is 0 Å². The molecule has 1 aromatic rings. The van der Waals surface area contributed by atoms with Gasteiger partial charge in [-0.15, -0.1) is 0 Å².